The maximum atomic E-state index is 11.2. The Labute approximate surface area is 90.7 Å². The number of nitrogens with zero attached hydrogens (tertiary/aromatic N) is 1. The van der Waals surface area contributed by atoms with Crippen LogP contribution in [-0.2, 0) is 4.79 Å². The highest BCUT2D eigenvalue weighted by molar-refractivity contribution is 5.98. The van der Waals surface area contributed by atoms with Crippen LogP contribution in [0.25, 0.3) is 0 Å². The van der Waals surface area contributed by atoms with Crippen molar-refractivity contribution in [3.8, 4) is 0 Å². The molecular formula is C11H19N3O. The molecule has 4 nitrogen and oxygen atoms in total. The van der Waals surface area contributed by atoms with Crippen molar-refractivity contribution in [1.29, 1.82) is 0 Å². The van der Waals surface area contributed by atoms with Crippen LogP contribution in [0.3, 0.4) is 0 Å². The number of unbranched alkanes of at least 4 members (excludes halogenated alkanes) is 1. The summed E-state index contributed by atoms with van der Waals surface area (Å²) in [4.78, 5) is 14.6. The minimum atomic E-state index is -0.420. The molecular weight excluding hydrogens is 190 g/mol. The van der Waals surface area contributed by atoms with Gasteiger partial charge in [0.15, 0.2) is 5.96 Å². The molecule has 0 aromatic carbocycles. The van der Waals surface area contributed by atoms with Crippen LogP contribution in [0, 0.1) is 0 Å². The van der Waals surface area contributed by atoms with Gasteiger partial charge < -0.3 is 11.5 Å². The molecule has 0 spiro atoms. The maximum Gasteiger partial charge on any atom is 0.273 e. The molecule has 4 heteroatoms. The van der Waals surface area contributed by atoms with Gasteiger partial charge in [0.25, 0.3) is 5.91 Å². The second-order valence-electron chi connectivity index (χ2n) is 3.38. The zero-order chi connectivity index (χ0) is 11.8. The Morgan fingerprint density at radius 2 is 1.87 bits per heavy atom. The lowest BCUT2D eigenvalue weighted by Gasteiger charge is -1.99. The first-order valence-electron chi connectivity index (χ1n) is 4.96. The van der Waals surface area contributed by atoms with E-state index in [1.54, 1.807) is 0 Å². The maximum absolute atomic E-state index is 11.2. The van der Waals surface area contributed by atoms with Crippen LogP contribution in [0.1, 0.15) is 33.6 Å². The van der Waals surface area contributed by atoms with E-state index < -0.39 is 5.91 Å². The molecule has 15 heavy (non-hydrogen) atoms. The molecule has 0 bridgehead atoms. The van der Waals surface area contributed by atoms with Crippen LogP contribution < -0.4 is 11.5 Å². The van der Waals surface area contributed by atoms with Gasteiger partial charge in [-0.25, -0.2) is 0 Å². The zero-order valence-electron chi connectivity index (χ0n) is 9.58. The van der Waals surface area contributed by atoms with E-state index in [4.69, 9.17) is 11.5 Å². The lowest BCUT2D eigenvalue weighted by Crippen LogP contribution is -2.23. The highest BCUT2D eigenvalue weighted by atomic mass is 16.1. The molecule has 0 radical (unpaired) electrons. The first-order valence-corrected chi connectivity index (χ1v) is 4.96. The lowest BCUT2D eigenvalue weighted by molar-refractivity contribution is -0.113. The molecule has 0 heterocycles. The quantitative estimate of drug-likeness (QED) is 0.318. The molecule has 0 aromatic rings. The second kappa shape index (κ2) is 6.81. The van der Waals surface area contributed by atoms with Crippen molar-refractivity contribution in [3.05, 3.63) is 23.3 Å². The average Bonchev–Trinajstić information content (AvgIpc) is 2.12. The SMILES string of the molecule is CCC/C=C(C)/C(C)=C/C(=O)N=C(N)N. The first-order chi connectivity index (χ1) is 6.97. The molecule has 84 valence electrons. The van der Waals surface area contributed by atoms with Crippen molar-refractivity contribution in [2.45, 2.75) is 33.6 Å². The van der Waals surface area contributed by atoms with Gasteiger partial charge in [0.2, 0.25) is 0 Å². The fraction of sp³-hybridized carbons (Fsp3) is 0.455. The van der Waals surface area contributed by atoms with E-state index in [9.17, 15) is 4.79 Å². The zero-order valence-corrected chi connectivity index (χ0v) is 9.58. The summed E-state index contributed by atoms with van der Waals surface area (Å²) in [6.45, 7) is 5.93. The predicted octanol–water partition coefficient (Wildman–Crippen LogP) is 1.48. The Bertz CT molecular complexity index is 310. The van der Waals surface area contributed by atoms with Gasteiger partial charge in [-0.05, 0) is 25.8 Å². The molecule has 0 aromatic heterocycles. The lowest BCUT2D eigenvalue weighted by atomic mass is 10.1. The van der Waals surface area contributed by atoms with E-state index in [0.29, 0.717) is 0 Å². The fourth-order valence-corrected chi connectivity index (χ4v) is 0.980. The van der Waals surface area contributed by atoms with E-state index in [1.165, 1.54) is 6.08 Å². The van der Waals surface area contributed by atoms with Gasteiger partial charge in [0, 0.05) is 6.08 Å². The van der Waals surface area contributed by atoms with E-state index in [0.717, 1.165) is 24.0 Å². The number of guanidine groups is 1. The number of nitrogens with two attached hydrogens (primary N) is 2. The Morgan fingerprint density at radius 1 is 1.27 bits per heavy atom. The number of aliphatic imine (C=N–C) groups is 1. The monoisotopic (exact) mass is 209 g/mol. The Balaban J connectivity index is 4.56. The number of carbonyl (C=O) groups is 1. The summed E-state index contributed by atoms with van der Waals surface area (Å²) in [7, 11) is 0. The van der Waals surface area contributed by atoms with Gasteiger partial charge >= 0.3 is 0 Å². The van der Waals surface area contributed by atoms with Crippen LogP contribution in [0.2, 0.25) is 0 Å². The third-order valence-corrected chi connectivity index (χ3v) is 1.94. The third kappa shape index (κ3) is 6.49. The van der Waals surface area contributed by atoms with Crippen LogP contribution in [0.5, 0.6) is 0 Å². The number of carbonyl (C=O) groups excluding carboxylic acids is 1. The summed E-state index contributed by atoms with van der Waals surface area (Å²) >= 11 is 0. The van der Waals surface area contributed by atoms with Crippen molar-refractivity contribution >= 4 is 11.9 Å². The standard InChI is InChI=1S/C11H19N3O/c1-4-5-6-8(2)9(3)7-10(15)14-11(12)13/h6-7H,4-5H2,1-3H3,(H4,12,13,14,15)/b8-6+,9-7+. The molecule has 0 atom stereocenters. The molecule has 0 aliphatic carbocycles. The van der Waals surface area contributed by atoms with E-state index in [-0.39, 0.29) is 5.96 Å². The van der Waals surface area contributed by atoms with Gasteiger partial charge in [0.05, 0.1) is 0 Å². The normalized spacial score (nSPS) is 12.5. The Morgan fingerprint density at radius 3 is 2.33 bits per heavy atom. The number of amides is 1. The molecule has 0 fully saturated rings. The molecule has 0 saturated heterocycles. The minimum absolute atomic E-state index is 0.209. The van der Waals surface area contributed by atoms with Crippen molar-refractivity contribution in [1.82, 2.24) is 0 Å². The van der Waals surface area contributed by atoms with Gasteiger partial charge in [-0.1, -0.05) is 25.0 Å². The Kier molecular flexibility index (Phi) is 6.09. The van der Waals surface area contributed by atoms with Crippen LogP contribution in [0.15, 0.2) is 28.3 Å². The summed E-state index contributed by atoms with van der Waals surface area (Å²) in [5, 5.41) is 0. The average molecular weight is 209 g/mol. The summed E-state index contributed by atoms with van der Waals surface area (Å²) in [6.07, 6.45) is 5.62. The van der Waals surface area contributed by atoms with Crippen molar-refractivity contribution in [2.24, 2.45) is 16.5 Å². The highest BCUT2D eigenvalue weighted by Crippen LogP contribution is 2.09. The molecule has 0 aliphatic rings. The first kappa shape index (κ1) is 13.4. The van der Waals surface area contributed by atoms with Gasteiger partial charge in [-0.2, -0.15) is 4.99 Å². The number of rotatable bonds is 4. The predicted molar refractivity (Wildman–Crippen MR) is 63.2 cm³/mol. The molecule has 1 amide bonds. The third-order valence-electron chi connectivity index (χ3n) is 1.94. The Hall–Kier alpha value is -1.58. The molecule has 0 saturated carbocycles. The smallest absolute Gasteiger partial charge is 0.273 e. The second-order valence-corrected chi connectivity index (χ2v) is 3.38. The van der Waals surface area contributed by atoms with Crippen molar-refractivity contribution in [2.75, 3.05) is 0 Å². The summed E-state index contributed by atoms with van der Waals surface area (Å²) < 4.78 is 0. The summed E-state index contributed by atoms with van der Waals surface area (Å²) in [6, 6.07) is 0. The van der Waals surface area contributed by atoms with Crippen molar-refractivity contribution in [3.63, 3.8) is 0 Å². The van der Waals surface area contributed by atoms with Crippen LogP contribution in [0.4, 0.5) is 0 Å². The molecule has 4 N–H and O–H groups in total. The number of hydrogen-bond donors (Lipinski definition) is 2. The fourth-order valence-electron chi connectivity index (χ4n) is 0.980. The van der Waals surface area contributed by atoms with E-state index in [1.807, 2.05) is 13.8 Å². The van der Waals surface area contributed by atoms with Gasteiger partial charge in [0.1, 0.15) is 0 Å². The van der Waals surface area contributed by atoms with Crippen molar-refractivity contribution < 1.29 is 4.79 Å². The number of allylic oxidation sites excluding steroid dienone is 3. The number of hydrogen-bond acceptors (Lipinski definition) is 1. The van der Waals surface area contributed by atoms with Gasteiger partial charge in [-0.15, -0.1) is 0 Å². The molecule has 0 rings (SSSR count). The minimum Gasteiger partial charge on any atom is -0.370 e. The largest absolute Gasteiger partial charge is 0.370 e. The summed E-state index contributed by atoms with van der Waals surface area (Å²) in [5.41, 5.74) is 12.1. The molecule has 0 unspecified atom stereocenters. The van der Waals surface area contributed by atoms with Gasteiger partial charge in [-0.3, -0.25) is 4.79 Å². The van der Waals surface area contributed by atoms with Crippen LogP contribution in [-0.4, -0.2) is 11.9 Å². The van der Waals surface area contributed by atoms with Crippen LogP contribution >= 0.6 is 0 Å². The van der Waals surface area contributed by atoms with E-state index in [2.05, 4.69) is 18.0 Å². The summed E-state index contributed by atoms with van der Waals surface area (Å²) in [5.74, 6) is -0.629. The highest BCUT2D eigenvalue weighted by Gasteiger charge is 1.98. The topological polar surface area (TPSA) is 81.5 Å². The van der Waals surface area contributed by atoms with E-state index >= 15 is 0 Å². The molecule has 0 aliphatic heterocycles.